The lowest BCUT2D eigenvalue weighted by Gasteiger charge is -1.93. The molecule has 0 saturated carbocycles. The molecule has 0 aromatic heterocycles. The van der Waals surface area contributed by atoms with Gasteiger partial charge in [-0.25, -0.2) is 0 Å². The Labute approximate surface area is 64.1 Å². The van der Waals surface area contributed by atoms with Crippen LogP contribution >= 0.6 is 23.4 Å². The topological polar surface area (TPSA) is 43.1 Å². The molecule has 0 unspecified atom stereocenters. The van der Waals surface area contributed by atoms with Crippen LogP contribution in [0.1, 0.15) is 6.42 Å². The van der Waals surface area contributed by atoms with Crippen LogP contribution in [0.4, 0.5) is 0 Å². The lowest BCUT2D eigenvalue weighted by atomic mass is 10.5. The Morgan fingerprint density at radius 3 is 2.67 bits per heavy atom. The molecule has 2 N–H and O–H groups in total. The average Bonchev–Trinajstić information content (AvgIpc) is 1.80. The largest absolute Gasteiger partial charge is 0.370 e. The lowest BCUT2D eigenvalue weighted by molar-refractivity contribution is -0.117. The summed E-state index contributed by atoms with van der Waals surface area (Å²) in [5.74, 6) is 2.09. The van der Waals surface area contributed by atoms with Crippen LogP contribution in [0.25, 0.3) is 0 Å². The second kappa shape index (κ2) is 6.23. The van der Waals surface area contributed by atoms with Crippen molar-refractivity contribution in [3.8, 4) is 0 Å². The number of thioether (sulfide) groups is 1. The van der Waals surface area contributed by atoms with Crippen LogP contribution in [0, 0.1) is 0 Å². The number of primary amides is 1. The van der Waals surface area contributed by atoms with Crippen LogP contribution in [0.5, 0.6) is 0 Å². The Balaban J connectivity index is 2.83. The van der Waals surface area contributed by atoms with Crippen molar-refractivity contribution in [1.29, 1.82) is 0 Å². The molecule has 0 aliphatic carbocycles. The predicted octanol–water partition coefficient (Wildman–Crippen LogP) is 0.834. The molecule has 0 aliphatic heterocycles. The summed E-state index contributed by atoms with van der Waals surface area (Å²) in [7, 11) is 0. The number of carbonyl (C=O) groups is 1. The van der Waals surface area contributed by atoms with E-state index in [0.717, 1.165) is 11.5 Å². The minimum atomic E-state index is -0.239. The molecular formula is C5H10ClNOS. The van der Waals surface area contributed by atoms with Crippen molar-refractivity contribution in [3.63, 3.8) is 0 Å². The highest BCUT2D eigenvalue weighted by atomic mass is 35.5. The van der Waals surface area contributed by atoms with Gasteiger partial charge in [-0.3, -0.25) is 4.79 Å². The van der Waals surface area contributed by atoms with E-state index in [1.807, 2.05) is 0 Å². The van der Waals surface area contributed by atoms with Gasteiger partial charge in [0.2, 0.25) is 5.91 Å². The van der Waals surface area contributed by atoms with E-state index < -0.39 is 0 Å². The van der Waals surface area contributed by atoms with E-state index >= 15 is 0 Å². The number of halogens is 1. The predicted molar refractivity (Wildman–Crippen MR) is 41.9 cm³/mol. The first kappa shape index (κ1) is 9.11. The van der Waals surface area contributed by atoms with Crippen LogP contribution in [0.3, 0.4) is 0 Å². The third-order valence-corrected chi connectivity index (χ3v) is 2.11. The maximum atomic E-state index is 10.1. The number of carbonyl (C=O) groups excluding carboxylic acids is 1. The number of alkyl halides is 1. The molecule has 2 nitrogen and oxygen atoms in total. The van der Waals surface area contributed by atoms with E-state index in [9.17, 15) is 4.79 Å². The molecule has 0 fully saturated rings. The molecule has 0 radical (unpaired) electrons. The highest BCUT2D eigenvalue weighted by molar-refractivity contribution is 7.99. The Hall–Kier alpha value is 0.110. The molecule has 0 spiro atoms. The normalized spacial score (nSPS) is 9.44. The fourth-order valence-corrected chi connectivity index (χ4v) is 1.32. The molecule has 0 heterocycles. The van der Waals surface area contributed by atoms with Gasteiger partial charge in [0.1, 0.15) is 0 Å². The maximum absolute atomic E-state index is 10.1. The molecule has 54 valence electrons. The van der Waals surface area contributed by atoms with Gasteiger partial charge in [-0.1, -0.05) is 0 Å². The van der Waals surface area contributed by atoms with Crippen molar-refractivity contribution in [2.45, 2.75) is 6.42 Å². The standard InChI is InChI=1S/C5H10ClNOS/c6-2-4-9-3-1-5(7)8/h1-4H2,(H2,7,8). The zero-order valence-electron chi connectivity index (χ0n) is 5.10. The first-order valence-electron chi connectivity index (χ1n) is 2.69. The summed E-state index contributed by atoms with van der Waals surface area (Å²) in [6.45, 7) is 0. The van der Waals surface area contributed by atoms with Crippen LogP contribution < -0.4 is 5.73 Å². The first-order chi connectivity index (χ1) is 4.27. The number of rotatable bonds is 5. The summed E-state index contributed by atoms with van der Waals surface area (Å²) in [5.41, 5.74) is 4.89. The van der Waals surface area contributed by atoms with Gasteiger partial charge >= 0.3 is 0 Å². The number of hydrogen-bond donors (Lipinski definition) is 1. The van der Waals surface area contributed by atoms with Crippen molar-refractivity contribution in [2.24, 2.45) is 5.73 Å². The molecule has 1 amide bonds. The van der Waals surface area contributed by atoms with E-state index in [1.165, 1.54) is 0 Å². The van der Waals surface area contributed by atoms with Gasteiger partial charge in [0.25, 0.3) is 0 Å². The average molecular weight is 168 g/mol. The molecular weight excluding hydrogens is 158 g/mol. The fourth-order valence-electron chi connectivity index (χ4n) is 0.329. The first-order valence-corrected chi connectivity index (χ1v) is 4.38. The van der Waals surface area contributed by atoms with E-state index in [2.05, 4.69) is 0 Å². The van der Waals surface area contributed by atoms with Crippen molar-refractivity contribution >= 4 is 29.3 Å². The van der Waals surface area contributed by atoms with Crippen molar-refractivity contribution < 1.29 is 4.79 Å². The zero-order chi connectivity index (χ0) is 7.11. The van der Waals surface area contributed by atoms with Gasteiger partial charge in [0, 0.05) is 23.8 Å². The molecule has 9 heavy (non-hydrogen) atoms. The Bertz CT molecular complexity index is 89.0. The summed E-state index contributed by atoms with van der Waals surface area (Å²) < 4.78 is 0. The van der Waals surface area contributed by atoms with Crippen LogP contribution in [0.2, 0.25) is 0 Å². The number of nitrogens with two attached hydrogens (primary N) is 1. The van der Waals surface area contributed by atoms with Crippen LogP contribution in [-0.2, 0) is 4.79 Å². The third kappa shape index (κ3) is 8.11. The second-order valence-electron chi connectivity index (χ2n) is 1.52. The summed E-state index contributed by atoms with van der Waals surface area (Å²) in [4.78, 5) is 10.1. The Morgan fingerprint density at radius 2 is 2.22 bits per heavy atom. The summed E-state index contributed by atoms with van der Waals surface area (Å²) in [5, 5.41) is 0. The minimum Gasteiger partial charge on any atom is -0.370 e. The Morgan fingerprint density at radius 1 is 1.56 bits per heavy atom. The second-order valence-corrected chi connectivity index (χ2v) is 3.12. The van der Waals surface area contributed by atoms with Crippen molar-refractivity contribution in [2.75, 3.05) is 17.4 Å². The van der Waals surface area contributed by atoms with Gasteiger partial charge in [-0.15, -0.1) is 11.6 Å². The zero-order valence-corrected chi connectivity index (χ0v) is 6.67. The summed E-state index contributed by atoms with van der Waals surface area (Å²) in [6, 6.07) is 0. The van der Waals surface area contributed by atoms with Gasteiger partial charge in [-0.05, 0) is 0 Å². The molecule has 0 aromatic carbocycles. The molecule has 4 heteroatoms. The molecule has 0 bridgehead atoms. The highest BCUT2D eigenvalue weighted by Gasteiger charge is 1.92. The van der Waals surface area contributed by atoms with Crippen LogP contribution in [-0.4, -0.2) is 23.3 Å². The van der Waals surface area contributed by atoms with E-state index in [-0.39, 0.29) is 5.91 Å². The third-order valence-electron chi connectivity index (χ3n) is 0.714. The van der Waals surface area contributed by atoms with E-state index in [4.69, 9.17) is 17.3 Å². The fraction of sp³-hybridized carbons (Fsp3) is 0.800. The monoisotopic (exact) mass is 167 g/mol. The lowest BCUT2D eigenvalue weighted by Crippen LogP contribution is -2.11. The van der Waals surface area contributed by atoms with Gasteiger partial charge in [0.15, 0.2) is 0 Å². The highest BCUT2D eigenvalue weighted by Crippen LogP contribution is 2.01. The Kier molecular flexibility index (Phi) is 6.31. The number of hydrogen-bond acceptors (Lipinski definition) is 2. The molecule has 0 rings (SSSR count). The number of amides is 1. The van der Waals surface area contributed by atoms with Crippen LogP contribution in [0.15, 0.2) is 0 Å². The summed E-state index contributed by atoms with van der Waals surface area (Å²) in [6.07, 6.45) is 0.460. The SMILES string of the molecule is NC(=O)CCSCCCl. The maximum Gasteiger partial charge on any atom is 0.218 e. The van der Waals surface area contributed by atoms with E-state index in [1.54, 1.807) is 11.8 Å². The summed E-state index contributed by atoms with van der Waals surface area (Å²) >= 11 is 7.03. The quantitative estimate of drug-likeness (QED) is 0.487. The van der Waals surface area contributed by atoms with Crippen molar-refractivity contribution in [1.82, 2.24) is 0 Å². The molecule has 0 saturated heterocycles. The van der Waals surface area contributed by atoms with Gasteiger partial charge in [0.05, 0.1) is 0 Å². The smallest absolute Gasteiger partial charge is 0.218 e. The van der Waals surface area contributed by atoms with Gasteiger partial charge < -0.3 is 5.73 Å². The van der Waals surface area contributed by atoms with E-state index in [0.29, 0.717) is 12.3 Å². The van der Waals surface area contributed by atoms with Gasteiger partial charge in [-0.2, -0.15) is 11.8 Å². The molecule has 0 aromatic rings. The molecule has 0 aliphatic rings. The minimum absolute atomic E-state index is 0.239. The van der Waals surface area contributed by atoms with Crippen molar-refractivity contribution in [3.05, 3.63) is 0 Å². The molecule has 0 atom stereocenters.